The number of hydrogen-bond donors (Lipinski definition) is 1. The van der Waals surface area contributed by atoms with E-state index in [1.54, 1.807) is 6.20 Å². The van der Waals surface area contributed by atoms with Gasteiger partial charge >= 0.3 is 0 Å². The molecule has 0 radical (unpaired) electrons. The first-order valence-electron chi connectivity index (χ1n) is 8.96. The lowest BCUT2D eigenvalue weighted by Crippen LogP contribution is -2.35. The molecule has 0 spiro atoms. The molecule has 142 valence electrons. The van der Waals surface area contributed by atoms with Crippen LogP contribution in [0.2, 0.25) is 0 Å². The van der Waals surface area contributed by atoms with Crippen molar-refractivity contribution in [3.63, 3.8) is 0 Å². The summed E-state index contributed by atoms with van der Waals surface area (Å²) in [5.41, 5.74) is 3.48. The van der Waals surface area contributed by atoms with Crippen molar-refractivity contribution in [2.45, 2.75) is 19.4 Å². The Bertz CT molecular complexity index is 1040. The second kappa shape index (κ2) is 7.38. The Kier molecular flexibility index (Phi) is 4.77. The van der Waals surface area contributed by atoms with E-state index >= 15 is 0 Å². The van der Waals surface area contributed by atoms with Crippen LogP contribution < -0.4 is 10.1 Å². The van der Waals surface area contributed by atoms with Gasteiger partial charge in [0.15, 0.2) is 11.6 Å². The van der Waals surface area contributed by atoms with Crippen LogP contribution in [-0.2, 0) is 6.42 Å². The molecule has 0 fully saturated rings. The number of carbonyl (C=O) groups excluding carboxylic acids is 1. The van der Waals surface area contributed by atoms with E-state index in [2.05, 4.69) is 10.3 Å². The third kappa shape index (κ3) is 3.45. The number of carbonyl (C=O) groups is 1. The van der Waals surface area contributed by atoms with Gasteiger partial charge in [-0.15, -0.1) is 0 Å². The van der Waals surface area contributed by atoms with Gasteiger partial charge in [0, 0.05) is 18.2 Å². The maximum absolute atomic E-state index is 13.8. The molecular weight excluding hydrogens is 362 g/mol. The van der Waals surface area contributed by atoms with Gasteiger partial charge in [0.1, 0.15) is 11.9 Å². The van der Waals surface area contributed by atoms with E-state index in [4.69, 9.17) is 4.74 Å². The zero-order valence-corrected chi connectivity index (χ0v) is 15.2. The number of rotatable bonds is 4. The number of para-hydroxylation sites is 1. The minimum Gasteiger partial charge on any atom is -0.487 e. The fraction of sp³-hybridized carbons (Fsp3) is 0.182. The molecule has 6 heteroatoms. The molecular formula is C22H18F2N2O2. The molecule has 0 saturated carbocycles. The average Bonchev–Trinajstić information content (AvgIpc) is 3.12. The molecule has 1 amide bonds. The van der Waals surface area contributed by atoms with Gasteiger partial charge < -0.3 is 10.1 Å². The first kappa shape index (κ1) is 18.1. The van der Waals surface area contributed by atoms with Crippen LogP contribution in [0, 0.1) is 18.6 Å². The number of aromatic nitrogens is 1. The van der Waals surface area contributed by atoms with E-state index in [0.717, 1.165) is 34.2 Å². The van der Waals surface area contributed by atoms with E-state index < -0.39 is 17.5 Å². The standard InChI is InChI=1S/C22H18F2N2O2/c1-13-8-9-19(25-11-13)16-5-2-4-14-10-15(28-21(14)16)12-26-22(27)17-6-3-7-18(23)20(17)24/h2-9,11,15H,10,12H2,1H3,(H,26,27)/t15-/m0/s1. The van der Waals surface area contributed by atoms with Crippen molar-refractivity contribution >= 4 is 5.91 Å². The van der Waals surface area contributed by atoms with Gasteiger partial charge in [-0.2, -0.15) is 0 Å². The number of ether oxygens (including phenoxy) is 1. The van der Waals surface area contributed by atoms with E-state index in [9.17, 15) is 13.6 Å². The van der Waals surface area contributed by atoms with Gasteiger partial charge in [0.25, 0.3) is 5.91 Å². The first-order valence-corrected chi connectivity index (χ1v) is 8.96. The van der Waals surface area contributed by atoms with Crippen LogP contribution >= 0.6 is 0 Å². The molecule has 4 rings (SSSR count). The Balaban J connectivity index is 1.47. The van der Waals surface area contributed by atoms with E-state index in [0.29, 0.717) is 6.42 Å². The maximum atomic E-state index is 13.8. The fourth-order valence-electron chi connectivity index (χ4n) is 3.26. The van der Waals surface area contributed by atoms with Crippen molar-refractivity contribution in [3.8, 4) is 17.0 Å². The van der Waals surface area contributed by atoms with Crippen LogP contribution in [0.1, 0.15) is 21.5 Å². The molecule has 1 atom stereocenters. The molecule has 0 unspecified atom stereocenters. The van der Waals surface area contributed by atoms with E-state index in [1.165, 1.54) is 12.1 Å². The quantitative estimate of drug-likeness (QED) is 0.742. The van der Waals surface area contributed by atoms with E-state index in [-0.39, 0.29) is 18.2 Å². The number of aryl methyl sites for hydroxylation is 1. The molecule has 1 aromatic heterocycles. The monoisotopic (exact) mass is 380 g/mol. The lowest BCUT2D eigenvalue weighted by atomic mass is 10.0. The van der Waals surface area contributed by atoms with Crippen LogP contribution in [-0.4, -0.2) is 23.5 Å². The predicted octanol–water partition coefficient (Wildman–Crippen LogP) is 4.07. The Morgan fingerprint density at radius 1 is 1.18 bits per heavy atom. The molecule has 0 saturated heterocycles. The van der Waals surface area contributed by atoms with Crippen LogP contribution in [0.4, 0.5) is 8.78 Å². The highest BCUT2D eigenvalue weighted by Crippen LogP contribution is 2.37. The molecule has 2 aromatic carbocycles. The van der Waals surface area contributed by atoms with Crippen LogP contribution in [0.5, 0.6) is 5.75 Å². The third-order valence-corrected chi connectivity index (χ3v) is 4.70. The summed E-state index contributed by atoms with van der Waals surface area (Å²) in [4.78, 5) is 16.6. The van der Waals surface area contributed by atoms with Crippen molar-refractivity contribution < 1.29 is 18.3 Å². The van der Waals surface area contributed by atoms with Crippen LogP contribution in [0.15, 0.2) is 54.7 Å². The van der Waals surface area contributed by atoms with Crippen molar-refractivity contribution in [1.29, 1.82) is 0 Å². The SMILES string of the molecule is Cc1ccc(-c2cccc3c2O[C@H](CNC(=O)c2cccc(F)c2F)C3)nc1. The van der Waals surface area contributed by atoms with Gasteiger partial charge in [-0.1, -0.05) is 24.3 Å². The van der Waals surface area contributed by atoms with Gasteiger partial charge in [0.2, 0.25) is 0 Å². The molecule has 1 N–H and O–H groups in total. The molecule has 1 aliphatic heterocycles. The second-order valence-corrected chi connectivity index (χ2v) is 6.77. The van der Waals surface area contributed by atoms with Crippen molar-refractivity contribution in [2.24, 2.45) is 0 Å². The predicted molar refractivity (Wildman–Crippen MR) is 101 cm³/mol. The molecule has 0 aliphatic carbocycles. The summed E-state index contributed by atoms with van der Waals surface area (Å²) in [6.45, 7) is 2.16. The van der Waals surface area contributed by atoms with Gasteiger partial charge in [-0.25, -0.2) is 8.78 Å². The van der Waals surface area contributed by atoms with E-state index in [1.807, 2.05) is 37.3 Å². The minimum atomic E-state index is -1.15. The Hall–Kier alpha value is -3.28. The van der Waals surface area contributed by atoms with Gasteiger partial charge in [0.05, 0.1) is 17.8 Å². The smallest absolute Gasteiger partial charge is 0.254 e. The lowest BCUT2D eigenvalue weighted by molar-refractivity contribution is 0.0928. The summed E-state index contributed by atoms with van der Waals surface area (Å²) >= 11 is 0. The Labute approximate surface area is 161 Å². The Morgan fingerprint density at radius 3 is 2.79 bits per heavy atom. The zero-order chi connectivity index (χ0) is 19.7. The van der Waals surface area contributed by atoms with Crippen LogP contribution in [0.3, 0.4) is 0 Å². The molecule has 0 bridgehead atoms. The summed E-state index contributed by atoms with van der Waals surface area (Å²) in [6, 6.07) is 13.3. The highest BCUT2D eigenvalue weighted by Gasteiger charge is 2.27. The topological polar surface area (TPSA) is 51.2 Å². The fourth-order valence-corrected chi connectivity index (χ4v) is 3.26. The number of amides is 1. The first-order chi connectivity index (χ1) is 13.5. The normalized spacial score (nSPS) is 15.0. The highest BCUT2D eigenvalue weighted by atomic mass is 19.2. The molecule has 1 aliphatic rings. The highest BCUT2D eigenvalue weighted by molar-refractivity contribution is 5.94. The third-order valence-electron chi connectivity index (χ3n) is 4.70. The zero-order valence-electron chi connectivity index (χ0n) is 15.2. The largest absolute Gasteiger partial charge is 0.487 e. The summed E-state index contributed by atoms with van der Waals surface area (Å²) in [7, 11) is 0. The molecule has 4 nitrogen and oxygen atoms in total. The summed E-state index contributed by atoms with van der Waals surface area (Å²) in [5, 5.41) is 2.62. The van der Waals surface area contributed by atoms with Crippen molar-refractivity contribution in [1.82, 2.24) is 10.3 Å². The van der Waals surface area contributed by atoms with Crippen molar-refractivity contribution in [3.05, 3.63) is 83.1 Å². The molecule has 2 heterocycles. The summed E-state index contributed by atoms with van der Waals surface area (Å²) in [5.74, 6) is -2.12. The summed E-state index contributed by atoms with van der Waals surface area (Å²) < 4.78 is 33.1. The second-order valence-electron chi connectivity index (χ2n) is 6.77. The number of pyridine rings is 1. The number of nitrogens with one attached hydrogen (secondary N) is 1. The number of hydrogen-bond acceptors (Lipinski definition) is 3. The number of halogens is 2. The Morgan fingerprint density at radius 2 is 2.00 bits per heavy atom. The maximum Gasteiger partial charge on any atom is 0.254 e. The number of fused-ring (bicyclic) bond motifs is 1. The number of benzene rings is 2. The van der Waals surface area contributed by atoms with Gasteiger partial charge in [-0.3, -0.25) is 9.78 Å². The lowest BCUT2D eigenvalue weighted by Gasteiger charge is -2.14. The van der Waals surface area contributed by atoms with Crippen molar-refractivity contribution in [2.75, 3.05) is 6.54 Å². The van der Waals surface area contributed by atoms with Gasteiger partial charge in [-0.05, 0) is 42.3 Å². The number of nitrogens with zero attached hydrogens (tertiary/aromatic N) is 1. The average molecular weight is 380 g/mol. The molecule has 3 aromatic rings. The summed E-state index contributed by atoms with van der Waals surface area (Å²) in [6.07, 6.45) is 2.12. The van der Waals surface area contributed by atoms with Crippen LogP contribution in [0.25, 0.3) is 11.3 Å². The minimum absolute atomic E-state index is 0.185. The molecule has 28 heavy (non-hydrogen) atoms.